The highest BCUT2D eigenvalue weighted by atomic mass is 32.1. The summed E-state index contributed by atoms with van der Waals surface area (Å²) in [6.45, 7) is 3.63. The van der Waals surface area contributed by atoms with Gasteiger partial charge in [-0.05, 0) is 74.6 Å². The van der Waals surface area contributed by atoms with Gasteiger partial charge in [0.05, 0.1) is 21.3 Å². The first kappa shape index (κ1) is 27.2. The summed E-state index contributed by atoms with van der Waals surface area (Å²) in [5.74, 6) is -0.0688. The molecule has 9 nitrogen and oxygen atoms in total. The highest BCUT2D eigenvalue weighted by Crippen LogP contribution is 2.37. The fourth-order valence-electron chi connectivity index (χ4n) is 3.07. The van der Waals surface area contributed by atoms with E-state index in [1.54, 1.807) is 56.5 Å². The van der Waals surface area contributed by atoms with Crippen LogP contribution in [0.25, 0.3) is 0 Å². The average molecular weight is 500 g/mol. The van der Waals surface area contributed by atoms with E-state index in [4.69, 9.17) is 26.4 Å². The summed E-state index contributed by atoms with van der Waals surface area (Å²) < 4.78 is 15.3. The first-order valence-corrected chi connectivity index (χ1v) is 11.0. The molecule has 35 heavy (non-hydrogen) atoms. The number of thiocarbonyl (C=S) groups is 1. The SMILES string of the molecule is C/C=C\C(=C/C(C)NC(=O)c1ccc(OC)cc1)NC(=S)NC(=O)c1cc(O)c(OC)c(OC)c1. The van der Waals surface area contributed by atoms with Gasteiger partial charge in [-0.1, -0.05) is 6.08 Å². The Morgan fingerprint density at radius 2 is 1.66 bits per heavy atom. The van der Waals surface area contributed by atoms with E-state index in [0.717, 1.165) is 0 Å². The molecule has 1 unspecified atom stereocenters. The van der Waals surface area contributed by atoms with Crippen LogP contribution in [-0.2, 0) is 0 Å². The van der Waals surface area contributed by atoms with E-state index >= 15 is 0 Å². The highest BCUT2D eigenvalue weighted by molar-refractivity contribution is 7.80. The average Bonchev–Trinajstić information content (AvgIpc) is 2.83. The molecule has 0 saturated heterocycles. The number of hydrogen-bond donors (Lipinski definition) is 4. The summed E-state index contributed by atoms with van der Waals surface area (Å²) in [5.41, 5.74) is 1.18. The van der Waals surface area contributed by atoms with Gasteiger partial charge in [-0.15, -0.1) is 0 Å². The number of ether oxygens (including phenoxy) is 3. The zero-order chi connectivity index (χ0) is 26.0. The molecule has 186 valence electrons. The lowest BCUT2D eigenvalue weighted by Gasteiger charge is -2.15. The minimum Gasteiger partial charge on any atom is -0.504 e. The van der Waals surface area contributed by atoms with Crippen molar-refractivity contribution in [1.29, 1.82) is 0 Å². The molecule has 0 bridgehead atoms. The van der Waals surface area contributed by atoms with Crippen LogP contribution in [-0.4, -0.2) is 49.4 Å². The largest absolute Gasteiger partial charge is 0.504 e. The topological polar surface area (TPSA) is 118 Å². The number of hydrogen-bond acceptors (Lipinski definition) is 7. The van der Waals surface area contributed by atoms with E-state index in [2.05, 4.69) is 16.0 Å². The minimum absolute atomic E-state index is 0.0299. The number of phenols is 1. The third-order valence-electron chi connectivity index (χ3n) is 4.69. The van der Waals surface area contributed by atoms with E-state index in [1.807, 2.05) is 6.92 Å². The zero-order valence-corrected chi connectivity index (χ0v) is 21.0. The smallest absolute Gasteiger partial charge is 0.257 e. The molecule has 0 radical (unpaired) electrons. The Labute approximate surface area is 209 Å². The molecule has 0 aliphatic heterocycles. The lowest BCUT2D eigenvalue weighted by Crippen LogP contribution is -2.39. The molecule has 0 spiro atoms. The van der Waals surface area contributed by atoms with Gasteiger partial charge in [0.25, 0.3) is 11.8 Å². The fourth-order valence-corrected chi connectivity index (χ4v) is 3.29. The molecule has 4 N–H and O–H groups in total. The quantitative estimate of drug-likeness (QED) is 0.307. The Bertz CT molecular complexity index is 1130. The van der Waals surface area contributed by atoms with Gasteiger partial charge < -0.3 is 30.0 Å². The van der Waals surface area contributed by atoms with E-state index in [0.29, 0.717) is 17.0 Å². The summed E-state index contributed by atoms with van der Waals surface area (Å²) >= 11 is 5.27. The van der Waals surface area contributed by atoms with Crippen LogP contribution in [0.5, 0.6) is 23.0 Å². The lowest BCUT2D eigenvalue weighted by atomic mass is 10.1. The van der Waals surface area contributed by atoms with Crippen molar-refractivity contribution < 1.29 is 28.9 Å². The van der Waals surface area contributed by atoms with Crippen molar-refractivity contribution in [3.63, 3.8) is 0 Å². The van der Waals surface area contributed by atoms with Crippen LogP contribution in [0, 0.1) is 0 Å². The van der Waals surface area contributed by atoms with Gasteiger partial charge in [0.15, 0.2) is 16.6 Å². The van der Waals surface area contributed by atoms with Crippen molar-refractivity contribution in [3.8, 4) is 23.0 Å². The molecule has 0 aliphatic rings. The summed E-state index contributed by atoms with van der Waals surface area (Å²) in [6, 6.07) is 9.08. The van der Waals surface area contributed by atoms with Crippen LogP contribution in [0.1, 0.15) is 34.6 Å². The standard InChI is InChI=1S/C25H29N3O6S/c1-6-7-18(12-15(2)26-23(30)16-8-10-19(32-3)11-9-16)27-25(35)28-24(31)17-13-20(29)22(34-5)21(14-17)33-4/h6-15,29H,1-5H3,(H,26,30)(H2,27,28,31,35)/b7-6-,18-12+. The number of rotatable bonds is 9. The first-order chi connectivity index (χ1) is 16.7. The maximum atomic E-state index is 12.6. The molecule has 2 amide bonds. The number of methoxy groups -OCH3 is 3. The first-order valence-electron chi connectivity index (χ1n) is 10.6. The number of aromatic hydroxyl groups is 1. The monoisotopic (exact) mass is 499 g/mol. The van der Waals surface area contributed by atoms with E-state index < -0.39 is 5.91 Å². The highest BCUT2D eigenvalue weighted by Gasteiger charge is 2.17. The van der Waals surface area contributed by atoms with E-state index in [9.17, 15) is 14.7 Å². The molecule has 0 fully saturated rings. The molecule has 0 aromatic heterocycles. The second kappa shape index (κ2) is 13.0. The molecule has 2 aromatic carbocycles. The number of nitrogens with one attached hydrogen (secondary N) is 3. The molecular weight excluding hydrogens is 470 g/mol. The van der Waals surface area contributed by atoms with Gasteiger partial charge >= 0.3 is 0 Å². The molecular formula is C25H29N3O6S. The third kappa shape index (κ3) is 7.75. The van der Waals surface area contributed by atoms with Crippen molar-refractivity contribution in [2.45, 2.75) is 19.9 Å². The van der Waals surface area contributed by atoms with Gasteiger partial charge in [0, 0.05) is 22.9 Å². The maximum absolute atomic E-state index is 12.6. The van der Waals surface area contributed by atoms with Gasteiger partial charge in [0.1, 0.15) is 5.75 Å². The van der Waals surface area contributed by atoms with Crippen molar-refractivity contribution in [1.82, 2.24) is 16.0 Å². The van der Waals surface area contributed by atoms with Crippen LogP contribution >= 0.6 is 12.2 Å². The lowest BCUT2D eigenvalue weighted by molar-refractivity contribution is 0.0945. The van der Waals surface area contributed by atoms with Crippen LogP contribution in [0.4, 0.5) is 0 Å². The number of carbonyl (C=O) groups excluding carboxylic acids is 2. The van der Waals surface area contributed by atoms with E-state index in [1.165, 1.54) is 26.4 Å². The van der Waals surface area contributed by atoms with Crippen LogP contribution in [0.15, 0.2) is 60.3 Å². The van der Waals surface area contributed by atoms with E-state index in [-0.39, 0.29) is 39.9 Å². The predicted octanol–water partition coefficient (Wildman–Crippen LogP) is 3.30. The maximum Gasteiger partial charge on any atom is 0.257 e. The number of amides is 2. The molecule has 0 heterocycles. The Hall–Kier alpha value is -4.05. The summed E-state index contributed by atoms with van der Waals surface area (Å²) in [4.78, 5) is 25.1. The third-order valence-corrected chi connectivity index (χ3v) is 4.90. The van der Waals surface area contributed by atoms with Crippen molar-refractivity contribution in [2.75, 3.05) is 21.3 Å². The summed E-state index contributed by atoms with van der Waals surface area (Å²) in [6.07, 6.45) is 5.28. The minimum atomic E-state index is -0.556. The molecule has 10 heteroatoms. The Kier molecular flexibility index (Phi) is 10.1. The number of benzene rings is 2. The van der Waals surface area contributed by atoms with Crippen LogP contribution in [0.2, 0.25) is 0 Å². The number of carbonyl (C=O) groups is 2. The Balaban J connectivity index is 2.06. The normalized spacial score (nSPS) is 12.0. The molecule has 2 rings (SSSR count). The zero-order valence-electron chi connectivity index (χ0n) is 20.2. The van der Waals surface area contributed by atoms with Gasteiger partial charge in [0.2, 0.25) is 5.75 Å². The summed E-state index contributed by atoms with van der Waals surface area (Å²) in [7, 11) is 4.34. The van der Waals surface area contributed by atoms with Gasteiger partial charge in [-0.25, -0.2) is 0 Å². The molecule has 0 aliphatic carbocycles. The second-order valence-electron chi connectivity index (χ2n) is 7.25. The van der Waals surface area contributed by atoms with Gasteiger partial charge in [-0.2, -0.15) is 0 Å². The number of phenolic OH excluding ortho intramolecular Hbond substituents is 1. The second-order valence-corrected chi connectivity index (χ2v) is 7.66. The fraction of sp³-hybridized carbons (Fsp3) is 0.240. The summed E-state index contributed by atoms with van der Waals surface area (Å²) in [5, 5.41) is 18.5. The van der Waals surface area contributed by atoms with Crippen molar-refractivity contribution in [3.05, 3.63) is 71.5 Å². The Morgan fingerprint density at radius 1 is 0.971 bits per heavy atom. The van der Waals surface area contributed by atoms with Gasteiger partial charge in [-0.3, -0.25) is 14.9 Å². The van der Waals surface area contributed by atoms with Crippen molar-refractivity contribution in [2.24, 2.45) is 0 Å². The Morgan fingerprint density at radius 3 is 2.23 bits per heavy atom. The van der Waals surface area contributed by atoms with Crippen LogP contribution in [0.3, 0.4) is 0 Å². The molecule has 2 aromatic rings. The molecule has 1 atom stereocenters. The molecule has 0 saturated carbocycles. The van der Waals surface area contributed by atoms with Crippen LogP contribution < -0.4 is 30.2 Å². The van der Waals surface area contributed by atoms with Crippen molar-refractivity contribution >= 4 is 29.1 Å². The number of allylic oxidation sites excluding steroid dienone is 2. The predicted molar refractivity (Wildman–Crippen MR) is 137 cm³/mol.